The summed E-state index contributed by atoms with van der Waals surface area (Å²) in [4.78, 5) is 8.71. The zero-order valence-corrected chi connectivity index (χ0v) is 11.9. The third kappa shape index (κ3) is 3.53. The standard InChI is InChI=1S/C12H18F3N5O/c1-11(21-2)4-3-5-20(7-11)9-6-8(19-16)17-10(18-9)12(13,14)15/h6H,3-5,7,16H2,1-2H3,(H,17,18,19). The fourth-order valence-electron chi connectivity index (χ4n) is 2.37. The first-order valence-corrected chi connectivity index (χ1v) is 6.50. The van der Waals surface area contributed by atoms with Crippen molar-refractivity contribution in [2.45, 2.75) is 31.5 Å². The number of piperidine rings is 1. The average molecular weight is 305 g/mol. The molecule has 9 heteroatoms. The maximum Gasteiger partial charge on any atom is 0.451 e. The van der Waals surface area contributed by atoms with Crippen LogP contribution in [0.25, 0.3) is 0 Å². The minimum atomic E-state index is -4.62. The van der Waals surface area contributed by atoms with Crippen LogP contribution in [-0.4, -0.2) is 35.8 Å². The Labute approximate surface area is 120 Å². The number of alkyl halides is 3. The Kier molecular flexibility index (Phi) is 4.24. The molecule has 2 rings (SSSR count). The van der Waals surface area contributed by atoms with Crippen molar-refractivity contribution in [3.05, 3.63) is 11.9 Å². The SMILES string of the molecule is COC1(C)CCCN(c2cc(NN)nc(C(F)(F)F)n2)C1. The molecule has 2 heterocycles. The van der Waals surface area contributed by atoms with Crippen LogP contribution in [0.5, 0.6) is 0 Å². The molecular weight excluding hydrogens is 287 g/mol. The predicted molar refractivity (Wildman–Crippen MR) is 71.7 cm³/mol. The van der Waals surface area contributed by atoms with E-state index in [4.69, 9.17) is 10.6 Å². The number of hydrazine groups is 1. The van der Waals surface area contributed by atoms with Crippen LogP contribution < -0.4 is 16.2 Å². The van der Waals surface area contributed by atoms with Crippen LogP contribution in [0.4, 0.5) is 24.8 Å². The number of methoxy groups -OCH3 is 1. The average Bonchev–Trinajstić information content (AvgIpc) is 2.46. The third-order valence-corrected chi connectivity index (χ3v) is 3.59. The zero-order chi connectivity index (χ0) is 15.7. The van der Waals surface area contributed by atoms with Gasteiger partial charge in [-0.05, 0) is 19.8 Å². The van der Waals surface area contributed by atoms with Gasteiger partial charge in [0.1, 0.15) is 11.6 Å². The second-order valence-electron chi connectivity index (χ2n) is 5.26. The van der Waals surface area contributed by atoms with Gasteiger partial charge in [-0.2, -0.15) is 13.2 Å². The van der Waals surface area contributed by atoms with Crippen LogP contribution in [0, 0.1) is 0 Å². The van der Waals surface area contributed by atoms with Gasteiger partial charge in [0.25, 0.3) is 0 Å². The topological polar surface area (TPSA) is 76.3 Å². The quantitative estimate of drug-likeness (QED) is 0.655. The molecule has 0 radical (unpaired) electrons. The number of aromatic nitrogens is 2. The van der Waals surface area contributed by atoms with Crippen LogP contribution in [0.2, 0.25) is 0 Å². The van der Waals surface area contributed by atoms with Crippen molar-refractivity contribution in [3.8, 4) is 0 Å². The van der Waals surface area contributed by atoms with Crippen molar-refractivity contribution in [3.63, 3.8) is 0 Å². The Morgan fingerprint density at radius 3 is 2.71 bits per heavy atom. The summed E-state index contributed by atoms with van der Waals surface area (Å²) in [5.74, 6) is 4.09. The first-order valence-electron chi connectivity index (χ1n) is 6.50. The van der Waals surface area contributed by atoms with Gasteiger partial charge in [-0.15, -0.1) is 0 Å². The normalized spacial score (nSPS) is 23.2. The summed E-state index contributed by atoms with van der Waals surface area (Å²) in [6.07, 6.45) is -2.97. The van der Waals surface area contributed by atoms with Gasteiger partial charge < -0.3 is 15.1 Å². The lowest BCUT2D eigenvalue weighted by Gasteiger charge is -2.40. The molecule has 3 N–H and O–H groups in total. The summed E-state index contributed by atoms with van der Waals surface area (Å²) < 4.78 is 43.9. The minimum Gasteiger partial charge on any atom is -0.377 e. The smallest absolute Gasteiger partial charge is 0.377 e. The molecule has 0 bridgehead atoms. The van der Waals surface area contributed by atoms with Gasteiger partial charge in [0, 0.05) is 26.3 Å². The highest BCUT2D eigenvalue weighted by atomic mass is 19.4. The van der Waals surface area contributed by atoms with E-state index in [2.05, 4.69) is 15.4 Å². The van der Waals surface area contributed by atoms with Crippen LogP contribution in [0.1, 0.15) is 25.6 Å². The molecule has 0 amide bonds. The first-order chi connectivity index (χ1) is 9.77. The van der Waals surface area contributed by atoms with E-state index in [1.54, 1.807) is 12.0 Å². The number of nitrogens with zero attached hydrogens (tertiary/aromatic N) is 3. The molecule has 1 aliphatic rings. The molecule has 21 heavy (non-hydrogen) atoms. The van der Waals surface area contributed by atoms with Crippen LogP contribution in [-0.2, 0) is 10.9 Å². The number of hydrogen-bond acceptors (Lipinski definition) is 6. The number of ether oxygens (including phenoxy) is 1. The second kappa shape index (κ2) is 5.64. The van der Waals surface area contributed by atoms with Gasteiger partial charge in [-0.1, -0.05) is 0 Å². The molecule has 1 aromatic heterocycles. The summed E-state index contributed by atoms with van der Waals surface area (Å²) in [6.45, 7) is 2.99. The number of hydrogen-bond donors (Lipinski definition) is 2. The monoisotopic (exact) mass is 305 g/mol. The summed E-state index contributed by atoms with van der Waals surface area (Å²) in [6, 6.07) is 1.40. The van der Waals surface area contributed by atoms with E-state index in [1.807, 2.05) is 6.92 Å². The molecule has 1 saturated heterocycles. The van der Waals surface area contributed by atoms with Gasteiger partial charge in [-0.25, -0.2) is 15.8 Å². The van der Waals surface area contributed by atoms with E-state index in [-0.39, 0.29) is 11.6 Å². The fourth-order valence-corrected chi connectivity index (χ4v) is 2.37. The van der Waals surface area contributed by atoms with Crippen LogP contribution >= 0.6 is 0 Å². The Morgan fingerprint density at radius 1 is 1.43 bits per heavy atom. The van der Waals surface area contributed by atoms with E-state index < -0.39 is 17.6 Å². The lowest BCUT2D eigenvalue weighted by molar-refractivity contribution is -0.144. The fraction of sp³-hybridized carbons (Fsp3) is 0.667. The van der Waals surface area contributed by atoms with Crippen LogP contribution in [0.3, 0.4) is 0 Å². The molecule has 118 valence electrons. The van der Waals surface area contributed by atoms with Gasteiger partial charge in [0.2, 0.25) is 5.82 Å². The molecule has 6 nitrogen and oxygen atoms in total. The highest BCUT2D eigenvalue weighted by Gasteiger charge is 2.37. The number of nitrogens with one attached hydrogen (secondary N) is 1. The highest BCUT2D eigenvalue weighted by molar-refractivity contribution is 5.49. The molecule has 0 saturated carbocycles. The van der Waals surface area contributed by atoms with Gasteiger partial charge >= 0.3 is 6.18 Å². The number of rotatable bonds is 3. The number of nitrogens with two attached hydrogens (primary N) is 1. The molecule has 1 atom stereocenters. The van der Waals surface area contributed by atoms with Crippen molar-refractivity contribution in [1.29, 1.82) is 0 Å². The van der Waals surface area contributed by atoms with Gasteiger partial charge in [0.15, 0.2) is 0 Å². The summed E-state index contributed by atoms with van der Waals surface area (Å²) in [7, 11) is 1.59. The largest absolute Gasteiger partial charge is 0.451 e. The predicted octanol–water partition coefficient (Wildman–Crippen LogP) is 1.79. The summed E-state index contributed by atoms with van der Waals surface area (Å²) in [5.41, 5.74) is 1.74. The molecule has 0 aliphatic carbocycles. The number of nitrogen functional groups attached to an aromatic ring is 1. The summed E-state index contributed by atoms with van der Waals surface area (Å²) in [5, 5.41) is 0. The van der Waals surface area contributed by atoms with Crippen molar-refractivity contribution >= 4 is 11.6 Å². The molecule has 1 unspecified atom stereocenters. The Balaban J connectivity index is 2.34. The molecule has 1 aromatic rings. The molecule has 1 aliphatic heterocycles. The van der Waals surface area contributed by atoms with Crippen molar-refractivity contribution in [2.24, 2.45) is 5.84 Å². The lowest BCUT2D eigenvalue weighted by atomic mass is 9.95. The molecule has 0 spiro atoms. The minimum absolute atomic E-state index is 0.0722. The highest BCUT2D eigenvalue weighted by Crippen LogP contribution is 2.31. The van der Waals surface area contributed by atoms with Gasteiger partial charge in [-0.3, -0.25) is 0 Å². The van der Waals surface area contributed by atoms with Crippen molar-refractivity contribution in [2.75, 3.05) is 30.5 Å². The van der Waals surface area contributed by atoms with Crippen molar-refractivity contribution < 1.29 is 17.9 Å². The lowest BCUT2D eigenvalue weighted by Crippen LogP contribution is -2.47. The summed E-state index contributed by atoms with van der Waals surface area (Å²) >= 11 is 0. The molecule has 0 aromatic carbocycles. The second-order valence-corrected chi connectivity index (χ2v) is 5.26. The number of anilines is 2. The maximum atomic E-state index is 12.8. The van der Waals surface area contributed by atoms with Gasteiger partial charge in [0.05, 0.1) is 5.60 Å². The Hall–Kier alpha value is -1.61. The first kappa shape index (κ1) is 15.8. The van der Waals surface area contributed by atoms with E-state index >= 15 is 0 Å². The van der Waals surface area contributed by atoms with E-state index in [1.165, 1.54) is 6.07 Å². The Bertz CT molecular complexity index is 510. The van der Waals surface area contributed by atoms with Crippen LogP contribution in [0.15, 0.2) is 6.07 Å². The molecule has 1 fully saturated rings. The van der Waals surface area contributed by atoms with E-state index in [0.29, 0.717) is 13.1 Å². The van der Waals surface area contributed by atoms with E-state index in [9.17, 15) is 13.2 Å². The van der Waals surface area contributed by atoms with E-state index in [0.717, 1.165) is 12.8 Å². The van der Waals surface area contributed by atoms with Crippen molar-refractivity contribution in [1.82, 2.24) is 9.97 Å². The Morgan fingerprint density at radius 2 is 2.14 bits per heavy atom. The maximum absolute atomic E-state index is 12.8. The molecular formula is C12H18F3N5O. The third-order valence-electron chi connectivity index (χ3n) is 3.59. The number of halogens is 3. The zero-order valence-electron chi connectivity index (χ0n) is 11.9.